The molecule has 0 spiro atoms. The summed E-state index contributed by atoms with van der Waals surface area (Å²) in [5, 5.41) is 0. The number of carbonyl (C=O) groups is 1. The molecule has 0 radical (unpaired) electrons. The molecule has 0 unspecified atom stereocenters. The number of hydrogen-bond acceptors (Lipinski definition) is 3. The number of benzene rings is 2. The summed E-state index contributed by atoms with van der Waals surface area (Å²) in [5.74, 6) is -0.324. The number of alkyl halides is 3. The van der Waals surface area contributed by atoms with E-state index >= 15 is 0 Å². The van der Waals surface area contributed by atoms with Gasteiger partial charge in [0.1, 0.15) is 5.75 Å². The minimum absolute atomic E-state index is 0.142. The lowest BCUT2D eigenvalue weighted by Crippen LogP contribution is -2.40. The number of methoxy groups -OCH3 is 1. The first kappa shape index (κ1) is 22.2. The lowest BCUT2D eigenvalue weighted by atomic mass is 9.82. The molecule has 3 rings (SSSR count). The molecule has 0 fully saturated rings. The zero-order chi connectivity index (χ0) is 22.1. The fourth-order valence-electron chi connectivity index (χ4n) is 4.03. The molecule has 1 aliphatic heterocycles. The predicted molar refractivity (Wildman–Crippen MR) is 111 cm³/mol. The summed E-state index contributed by atoms with van der Waals surface area (Å²) in [7, 11) is 5.30. The first-order valence-corrected chi connectivity index (χ1v) is 9.92. The molecule has 0 aliphatic carbocycles. The quantitative estimate of drug-likeness (QED) is 0.710. The molecular weight excluding hydrogens is 393 g/mol. The van der Waals surface area contributed by atoms with Crippen molar-refractivity contribution in [2.24, 2.45) is 5.92 Å². The molecule has 0 aromatic heterocycles. The first-order chi connectivity index (χ1) is 14.1. The number of amides is 1. The highest BCUT2D eigenvalue weighted by molar-refractivity contribution is 5.97. The van der Waals surface area contributed by atoms with Gasteiger partial charge in [0.15, 0.2) is 0 Å². The van der Waals surface area contributed by atoms with Crippen molar-refractivity contribution in [3.63, 3.8) is 0 Å². The van der Waals surface area contributed by atoms with Crippen molar-refractivity contribution in [3.05, 3.63) is 59.2 Å². The van der Waals surface area contributed by atoms with Crippen LogP contribution in [0.25, 0.3) is 0 Å². The van der Waals surface area contributed by atoms with Crippen LogP contribution in [0.15, 0.2) is 42.5 Å². The van der Waals surface area contributed by atoms with Gasteiger partial charge in [0.05, 0.1) is 12.7 Å². The van der Waals surface area contributed by atoms with Gasteiger partial charge < -0.3 is 14.5 Å². The van der Waals surface area contributed by atoms with Crippen LogP contribution < -0.4 is 9.64 Å². The normalized spacial score (nSPS) is 19.6. The van der Waals surface area contributed by atoms with Gasteiger partial charge >= 0.3 is 6.18 Å². The maximum Gasteiger partial charge on any atom is 0.416 e. The summed E-state index contributed by atoms with van der Waals surface area (Å²) < 4.78 is 46.7. The molecule has 1 amide bonds. The van der Waals surface area contributed by atoms with Crippen molar-refractivity contribution < 1.29 is 22.7 Å². The van der Waals surface area contributed by atoms with Crippen molar-refractivity contribution in [1.82, 2.24) is 4.90 Å². The highest BCUT2D eigenvalue weighted by Gasteiger charge is 2.40. The molecule has 30 heavy (non-hydrogen) atoms. The Labute approximate surface area is 175 Å². The monoisotopic (exact) mass is 420 g/mol. The topological polar surface area (TPSA) is 32.8 Å². The molecule has 2 aromatic carbocycles. The van der Waals surface area contributed by atoms with Crippen molar-refractivity contribution >= 4 is 11.6 Å². The molecule has 0 bridgehead atoms. The number of likely N-dealkylation sites (N-methyl/N-ethyl adjacent to an activating group) is 1. The number of nitrogens with zero attached hydrogens (tertiary/aromatic N) is 2. The molecule has 1 heterocycles. The second kappa shape index (κ2) is 8.68. The summed E-state index contributed by atoms with van der Waals surface area (Å²) in [6.45, 7) is 2.69. The van der Waals surface area contributed by atoms with Crippen LogP contribution in [-0.2, 0) is 17.4 Å². The van der Waals surface area contributed by atoms with E-state index in [0.717, 1.165) is 11.6 Å². The Morgan fingerprint density at radius 2 is 1.80 bits per heavy atom. The third kappa shape index (κ3) is 4.46. The summed E-state index contributed by atoms with van der Waals surface area (Å²) in [6.07, 6.45) is -4.34. The number of ether oxygens (including phenoxy) is 1. The molecule has 0 N–H and O–H groups in total. The van der Waals surface area contributed by atoms with Crippen LogP contribution in [0, 0.1) is 5.92 Å². The molecular formula is C23H27F3N2O2. The summed E-state index contributed by atoms with van der Waals surface area (Å²) in [4.78, 5) is 16.8. The molecule has 2 aromatic rings. The number of carbonyl (C=O) groups excluding carboxylic acids is 1. The van der Waals surface area contributed by atoms with Crippen molar-refractivity contribution in [1.29, 1.82) is 0 Å². The van der Waals surface area contributed by atoms with Gasteiger partial charge in [-0.25, -0.2) is 0 Å². The highest BCUT2D eigenvalue weighted by atomic mass is 19.4. The van der Waals surface area contributed by atoms with E-state index in [2.05, 4.69) is 0 Å². The first-order valence-electron chi connectivity index (χ1n) is 9.92. The van der Waals surface area contributed by atoms with Crippen molar-refractivity contribution in [2.45, 2.75) is 25.4 Å². The minimum atomic E-state index is -4.49. The zero-order valence-electron chi connectivity index (χ0n) is 17.7. The number of hydrogen-bond donors (Lipinski definition) is 0. The van der Waals surface area contributed by atoms with E-state index in [4.69, 9.17) is 4.74 Å². The van der Waals surface area contributed by atoms with Crippen LogP contribution in [0.3, 0.4) is 0 Å². The van der Waals surface area contributed by atoms with E-state index in [1.807, 2.05) is 31.1 Å². The Kier molecular flexibility index (Phi) is 6.41. The molecule has 2 atom stereocenters. The third-order valence-electron chi connectivity index (χ3n) is 5.75. The Morgan fingerprint density at radius 3 is 2.37 bits per heavy atom. The van der Waals surface area contributed by atoms with Crippen LogP contribution in [0.2, 0.25) is 0 Å². The summed E-state index contributed by atoms with van der Waals surface area (Å²) in [6, 6.07) is 11.3. The van der Waals surface area contributed by atoms with Crippen molar-refractivity contribution in [3.8, 4) is 5.75 Å². The Morgan fingerprint density at radius 1 is 1.13 bits per heavy atom. The van der Waals surface area contributed by atoms with Gasteiger partial charge in [0.25, 0.3) is 0 Å². The number of rotatable bonds is 5. The largest absolute Gasteiger partial charge is 0.497 e. The summed E-state index contributed by atoms with van der Waals surface area (Å²) >= 11 is 0. The van der Waals surface area contributed by atoms with E-state index in [-0.39, 0.29) is 23.8 Å². The third-order valence-corrected chi connectivity index (χ3v) is 5.75. The second-order valence-corrected chi connectivity index (χ2v) is 7.97. The zero-order valence-corrected chi connectivity index (χ0v) is 17.7. The lowest BCUT2D eigenvalue weighted by Gasteiger charge is -2.28. The summed E-state index contributed by atoms with van der Waals surface area (Å²) in [5.41, 5.74) is 0.700. The predicted octanol–water partition coefficient (Wildman–Crippen LogP) is 4.58. The van der Waals surface area contributed by atoms with Crippen LogP contribution in [0.1, 0.15) is 29.5 Å². The standard InChI is InChI=1S/C23H27F3N2O2/c1-15-18(16-8-10-17(30-4)11-9-16)14-19-20(23(24,25)26)6-5-7-21(19)28(22(15)29)13-12-27(2)3/h5-11,15,18H,12-14H2,1-4H3/t15-,18+/m0/s1. The van der Waals surface area contributed by atoms with Crippen LogP contribution in [-0.4, -0.2) is 45.1 Å². The SMILES string of the molecule is COc1ccc([C@@H]2Cc3c(cccc3C(F)(F)F)N(CCN(C)C)C(=O)[C@H]2C)cc1. The molecule has 4 nitrogen and oxygen atoms in total. The fraction of sp³-hybridized carbons (Fsp3) is 0.435. The van der Waals surface area contributed by atoms with Crippen LogP contribution >= 0.6 is 0 Å². The fourth-order valence-corrected chi connectivity index (χ4v) is 4.03. The van der Waals surface area contributed by atoms with Gasteiger partial charge in [-0.3, -0.25) is 4.79 Å². The number of anilines is 1. The molecule has 0 saturated carbocycles. The second-order valence-electron chi connectivity index (χ2n) is 7.97. The number of fused-ring (bicyclic) bond motifs is 1. The smallest absolute Gasteiger partial charge is 0.416 e. The van der Waals surface area contributed by atoms with Gasteiger partial charge in [-0.15, -0.1) is 0 Å². The van der Waals surface area contributed by atoms with Gasteiger partial charge in [-0.05, 0) is 61.8 Å². The van der Waals surface area contributed by atoms with E-state index in [0.29, 0.717) is 24.5 Å². The van der Waals surface area contributed by atoms with Gasteiger partial charge in [0.2, 0.25) is 5.91 Å². The van der Waals surface area contributed by atoms with Crippen LogP contribution in [0.4, 0.5) is 18.9 Å². The maximum atomic E-state index is 13.8. The molecule has 162 valence electrons. The van der Waals surface area contributed by atoms with Crippen molar-refractivity contribution in [2.75, 3.05) is 39.2 Å². The van der Waals surface area contributed by atoms with E-state index in [9.17, 15) is 18.0 Å². The molecule has 7 heteroatoms. The van der Waals surface area contributed by atoms with Gasteiger partial charge in [0, 0.05) is 24.7 Å². The minimum Gasteiger partial charge on any atom is -0.497 e. The Hall–Kier alpha value is -2.54. The van der Waals surface area contributed by atoms with E-state index in [1.54, 1.807) is 32.2 Å². The Balaban J connectivity index is 2.13. The van der Waals surface area contributed by atoms with E-state index < -0.39 is 17.7 Å². The average Bonchev–Trinajstić information content (AvgIpc) is 2.80. The van der Waals surface area contributed by atoms with Gasteiger partial charge in [-0.2, -0.15) is 13.2 Å². The molecule has 0 saturated heterocycles. The lowest BCUT2D eigenvalue weighted by molar-refractivity contribution is -0.138. The Bertz CT molecular complexity index is 894. The van der Waals surface area contributed by atoms with Gasteiger partial charge in [-0.1, -0.05) is 25.1 Å². The maximum absolute atomic E-state index is 13.8. The number of halogens is 3. The highest BCUT2D eigenvalue weighted by Crippen LogP contribution is 2.43. The van der Waals surface area contributed by atoms with E-state index in [1.165, 1.54) is 11.0 Å². The van der Waals surface area contributed by atoms with Crippen LogP contribution in [0.5, 0.6) is 5.75 Å². The molecule has 1 aliphatic rings. The average molecular weight is 420 g/mol.